The first-order chi connectivity index (χ1) is 7.22. The molecule has 1 N–H and O–H groups in total. The average Bonchev–Trinajstić information content (AvgIpc) is 2.93. The Morgan fingerprint density at radius 2 is 2.33 bits per heavy atom. The molecule has 1 aliphatic carbocycles. The molecule has 2 aliphatic rings. The van der Waals surface area contributed by atoms with Crippen LogP contribution in [0.2, 0.25) is 0 Å². The number of aliphatic carboxylic acids is 1. The lowest BCUT2D eigenvalue weighted by Gasteiger charge is -2.10. The molecule has 4 heteroatoms. The van der Waals surface area contributed by atoms with Crippen molar-refractivity contribution >= 4 is 17.3 Å². The van der Waals surface area contributed by atoms with Crippen LogP contribution in [-0.2, 0) is 28.0 Å². The van der Waals surface area contributed by atoms with Crippen molar-refractivity contribution in [2.24, 2.45) is 0 Å². The molecule has 1 aliphatic heterocycles. The minimum absolute atomic E-state index is 0.540. The van der Waals surface area contributed by atoms with Crippen LogP contribution in [0.5, 0.6) is 0 Å². The largest absolute Gasteiger partial charge is 0.481 e. The van der Waals surface area contributed by atoms with Crippen molar-refractivity contribution in [2.45, 2.75) is 31.3 Å². The van der Waals surface area contributed by atoms with E-state index >= 15 is 0 Å². The van der Waals surface area contributed by atoms with Gasteiger partial charge in [0.25, 0.3) is 0 Å². The third-order valence-electron chi connectivity index (χ3n) is 3.26. The van der Waals surface area contributed by atoms with Crippen molar-refractivity contribution in [2.75, 3.05) is 6.61 Å². The molecule has 1 aromatic rings. The van der Waals surface area contributed by atoms with Gasteiger partial charge in [0.1, 0.15) is 5.41 Å². The number of ether oxygens (including phenoxy) is 1. The fraction of sp³-hybridized carbons (Fsp3) is 0.545. The van der Waals surface area contributed by atoms with Gasteiger partial charge in [-0.2, -0.15) is 0 Å². The second kappa shape index (κ2) is 3.06. The van der Waals surface area contributed by atoms with Crippen LogP contribution < -0.4 is 0 Å². The van der Waals surface area contributed by atoms with E-state index in [1.807, 2.05) is 6.07 Å². The van der Waals surface area contributed by atoms with Gasteiger partial charge < -0.3 is 9.84 Å². The molecule has 2 heterocycles. The standard InChI is InChI=1S/C11H12O3S/c12-10(13)11(2-3-11)9-5-7-6-14-4-1-8(7)15-9/h5H,1-4,6H2,(H,12,13). The SMILES string of the molecule is O=C(O)C1(c2cc3c(s2)CCOC3)CC1. The Hall–Kier alpha value is -0.870. The maximum absolute atomic E-state index is 11.2. The molecule has 80 valence electrons. The van der Waals surface area contributed by atoms with Gasteiger partial charge in [-0.1, -0.05) is 0 Å². The first kappa shape index (κ1) is 9.36. The Balaban J connectivity index is 1.99. The van der Waals surface area contributed by atoms with Crippen molar-refractivity contribution < 1.29 is 14.6 Å². The Labute approximate surface area is 91.7 Å². The molecule has 0 aromatic carbocycles. The Kier molecular flexibility index (Phi) is 1.91. The lowest BCUT2D eigenvalue weighted by molar-refractivity contribution is -0.139. The predicted molar refractivity (Wildman–Crippen MR) is 56.2 cm³/mol. The van der Waals surface area contributed by atoms with Gasteiger partial charge in [-0.3, -0.25) is 4.79 Å². The summed E-state index contributed by atoms with van der Waals surface area (Å²) in [7, 11) is 0. The summed E-state index contributed by atoms with van der Waals surface area (Å²) in [6.07, 6.45) is 2.53. The summed E-state index contributed by atoms with van der Waals surface area (Å²) in [5.41, 5.74) is 0.663. The average molecular weight is 224 g/mol. The van der Waals surface area contributed by atoms with Gasteiger partial charge in [0, 0.05) is 16.2 Å². The molecule has 15 heavy (non-hydrogen) atoms. The molecule has 1 aromatic heterocycles. The van der Waals surface area contributed by atoms with E-state index in [2.05, 4.69) is 0 Å². The van der Waals surface area contributed by atoms with Crippen LogP contribution in [0, 0.1) is 0 Å². The molecular formula is C11H12O3S. The van der Waals surface area contributed by atoms with Crippen LogP contribution in [0.3, 0.4) is 0 Å². The monoisotopic (exact) mass is 224 g/mol. The molecule has 1 saturated carbocycles. The second-order valence-corrected chi connectivity index (χ2v) is 5.39. The summed E-state index contributed by atoms with van der Waals surface area (Å²) >= 11 is 1.67. The summed E-state index contributed by atoms with van der Waals surface area (Å²) in [5.74, 6) is -0.665. The zero-order chi connectivity index (χ0) is 10.5. The van der Waals surface area contributed by atoms with Gasteiger partial charge in [-0.25, -0.2) is 0 Å². The van der Waals surface area contributed by atoms with Gasteiger partial charge in [0.15, 0.2) is 0 Å². The fourth-order valence-electron chi connectivity index (χ4n) is 2.07. The Morgan fingerprint density at radius 3 is 2.93 bits per heavy atom. The van der Waals surface area contributed by atoms with E-state index < -0.39 is 11.4 Å². The van der Waals surface area contributed by atoms with Crippen LogP contribution in [0.1, 0.15) is 28.2 Å². The summed E-state index contributed by atoms with van der Waals surface area (Å²) in [5, 5.41) is 9.19. The van der Waals surface area contributed by atoms with Crippen LogP contribution in [0.4, 0.5) is 0 Å². The highest BCUT2D eigenvalue weighted by molar-refractivity contribution is 7.12. The van der Waals surface area contributed by atoms with Crippen LogP contribution in [-0.4, -0.2) is 17.7 Å². The van der Waals surface area contributed by atoms with E-state index in [9.17, 15) is 9.90 Å². The van der Waals surface area contributed by atoms with Crippen LogP contribution >= 0.6 is 11.3 Å². The normalized spacial score (nSPS) is 22.1. The van der Waals surface area contributed by atoms with Crippen molar-refractivity contribution in [1.82, 2.24) is 0 Å². The summed E-state index contributed by atoms with van der Waals surface area (Å²) in [6, 6.07) is 2.04. The first-order valence-corrected chi connectivity index (χ1v) is 5.97. The number of rotatable bonds is 2. The summed E-state index contributed by atoms with van der Waals surface area (Å²) < 4.78 is 5.36. The molecule has 1 fully saturated rings. The van der Waals surface area contributed by atoms with Gasteiger partial charge in [0.2, 0.25) is 0 Å². The van der Waals surface area contributed by atoms with Crippen molar-refractivity contribution in [3.05, 3.63) is 21.4 Å². The highest BCUT2D eigenvalue weighted by Crippen LogP contribution is 2.51. The molecule has 3 rings (SSSR count). The van der Waals surface area contributed by atoms with Crippen LogP contribution in [0.25, 0.3) is 0 Å². The second-order valence-electron chi connectivity index (χ2n) is 4.25. The topological polar surface area (TPSA) is 46.5 Å². The van der Waals surface area contributed by atoms with E-state index in [0.29, 0.717) is 6.61 Å². The fourth-order valence-corrected chi connectivity index (χ4v) is 3.46. The minimum Gasteiger partial charge on any atom is -0.481 e. The zero-order valence-corrected chi connectivity index (χ0v) is 9.10. The lowest BCUT2D eigenvalue weighted by Crippen LogP contribution is -2.17. The molecule has 0 atom stereocenters. The quantitative estimate of drug-likeness (QED) is 0.835. The van der Waals surface area contributed by atoms with Crippen LogP contribution in [0.15, 0.2) is 6.07 Å². The highest BCUT2D eigenvalue weighted by atomic mass is 32.1. The lowest BCUT2D eigenvalue weighted by atomic mass is 10.0. The van der Waals surface area contributed by atoms with Crippen molar-refractivity contribution in [1.29, 1.82) is 0 Å². The van der Waals surface area contributed by atoms with Gasteiger partial charge in [-0.05, 0) is 24.5 Å². The first-order valence-electron chi connectivity index (χ1n) is 5.15. The summed E-state index contributed by atoms with van der Waals surface area (Å²) in [6.45, 7) is 1.43. The minimum atomic E-state index is -0.665. The number of carboxylic acids is 1. The highest BCUT2D eigenvalue weighted by Gasteiger charge is 2.53. The number of fused-ring (bicyclic) bond motifs is 1. The number of carboxylic acid groups (broad SMARTS) is 1. The smallest absolute Gasteiger partial charge is 0.314 e. The molecule has 0 unspecified atom stereocenters. The molecule has 0 amide bonds. The number of hydrogen-bond donors (Lipinski definition) is 1. The third-order valence-corrected chi connectivity index (χ3v) is 4.70. The number of hydrogen-bond acceptors (Lipinski definition) is 3. The van der Waals surface area contributed by atoms with Crippen molar-refractivity contribution in [3.8, 4) is 0 Å². The number of carbonyl (C=O) groups is 1. The molecule has 3 nitrogen and oxygen atoms in total. The predicted octanol–water partition coefficient (Wildman–Crippen LogP) is 1.94. The molecule has 0 bridgehead atoms. The zero-order valence-electron chi connectivity index (χ0n) is 8.28. The van der Waals surface area contributed by atoms with E-state index in [-0.39, 0.29) is 0 Å². The van der Waals surface area contributed by atoms with Gasteiger partial charge in [-0.15, -0.1) is 11.3 Å². The van der Waals surface area contributed by atoms with Crippen molar-refractivity contribution in [3.63, 3.8) is 0 Å². The van der Waals surface area contributed by atoms with E-state index in [4.69, 9.17) is 4.74 Å². The molecule has 0 saturated heterocycles. The maximum atomic E-state index is 11.2. The molecular weight excluding hydrogens is 212 g/mol. The van der Waals surface area contributed by atoms with E-state index in [1.54, 1.807) is 11.3 Å². The molecule has 0 spiro atoms. The maximum Gasteiger partial charge on any atom is 0.314 e. The Bertz CT molecular complexity index is 394. The summed E-state index contributed by atoms with van der Waals surface area (Å²) in [4.78, 5) is 13.5. The molecule has 0 radical (unpaired) electrons. The van der Waals surface area contributed by atoms with E-state index in [1.165, 1.54) is 10.4 Å². The number of thiophene rings is 1. The van der Waals surface area contributed by atoms with E-state index in [0.717, 1.165) is 30.7 Å². The van der Waals surface area contributed by atoms with Gasteiger partial charge >= 0.3 is 5.97 Å². The van der Waals surface area contributed by atoms with Gasteiger partial charge in [0.05, 0.1) is 13.2 Å². The third kappa shape index (κ3) is 1.32. The Morgan fingerprint density at radius 1 is 1.53 bits per heavy atom.